The molecule has 48 heavy (non-hydrogen) atoms. The molecule has 0 radical (unpaired) electrons. The Labute approximate surface area is 282 Å². The van der Waals surface area contributed by atoms with E-state index in [4.69, 9.17) is 5.73 Å². The molecule has 0 atom stereocenters. The van der Waals surface area contributed by atoms with Crippen molar-refractivity contribution >= 4 is 27.5 Å². The van der Waals surface area contributed by atoms with Gasteiger partial charge in [-0.1, -0.05) is 133 Å². The molecule has 1 heterocycles. The minimum absolute atomic E-state index is 0.806. The van der Waals surface area contributed by atoms with E-state index in [0.717, 1.165) is 40.6 Å². The predicted octanol–water partition coefficient (Wildman–Crippen LogP) is 11.8. The molecular weight excluding hydrogens is 581 g/mol. The molecule has 8 rings (SSSR count). The molecule has 7 aromatic carbocycles. The van der Waals surface area contributed by atoms with E-state index < -0.39 is 0 Å². The lowest BCUT2D eigenvalue weighted by Gasteiger charge is -2.16. The van der Waals surface area contributed by atoms with Crippen molar-refractivity contribution in [2.75, 3.05) is 5.73 Å². The maximum absolute atomic E-state index is 6.50. The molecule has 0 spiro atoms. The van der Waals surface area contributed by atoms with Crippen LogP contribution in [0.1, 0.15) is 22.3 Å². The van der Waals surface area contributed by atoms with Gasteiger partial charge in [-0.2, -0.15) is 0 Å². The molecule has 0 saturated heterocycles. The quantitative estimate of drug-likeness (QED) is 0.177. The van der Waals surface area contributed by atoms with Gasteiger partial charge in [0.2, 0.25) is 0 Å². The summed E-state index contributed by atoms with van der Waals surface area (Å²) in [7, 11) is 0. The number of nitrogens with two attached hydrogens (primary N) is 1. The number of aromatic nitrogens is 1. The van der Waals surface area contributed by atoms with E-state index in [1.54, 1.807) is 0 Å². The van der Waals surface area contributed by atoms with Crippen LogP contribution in [0.3, 0.4) is 0 Å². The van der Waals surface area contributed by atoms with E-state index in [9.17, 15) is 0 Å². The van der Waals surface area contributed by atoms with Gasteiger partial charge >= 0.3 is 0 Å². The first kappa shape index (κ1) is 29.5. The SMILES string of the molecule is Cc1ccc(-c2ccc(-c3cccc(-n4c5ccccc5c5c(N)cccc54)c3)cc2C)c(CCc2cccc(-c3ccccc3)c2)c1. The van der Waals surface area contributed by atoms with Crippen LogP contribution >= 0.6 is 0 Å². The van der Waals surface area contributed by atoms with Crippen LogP contribution in [0.15, 0.2) is 158 Å². The number of benzene rings is 7. The molecule has 1 aromatic heterocycles. The second kappa shape index (κ2) is 12.4. The van der Waals surface area contributed by atoms with Crippen LogP contribution in [0.4, 0.5) is 5.69 Å². The topological polar surface area (TPSA) is 30.9 Å². The Kier molecular flexibility index (Phi) is 7.62. The molecule has 232 valence electrons. The Morgan fingerprint density at radius 2 is 1.19 bits per heavy atom. The van der Waals surface area contributed by atoms with Crippen molar-refractivity contribution in [3.8, 4) is 39.1 Å². The van der Waals surface area contributed by atoms with Gasteiger partial charge < -0.3 is 10.3 Å². The maximum Gasteiger partial charge on any atom is 0.0561 e. The molecule has 0 amide bonds. The first-order chi connectivity index (χ1) is 23.5. The summed E-state index contributed by atoms with van der Waals surface area (Å²) in [6.07, 6.45) is 1.98. The smallest absolute Gasteiger partial charge is 0.0561 e. The van der Waals surface area contributed by atoms with E-state index in [1.807, 2.05) is 12.1 Å². The second-order valence-corrected chi connectivity index (χ2v) is 12.9. The molecule has 0 unspecified atom stereocenters. The third-order valence-corrected chi connectivity index (χ3v) is 9.66. The number of anilines is 1. The Morgan fingerprint density at radius 1 is 0.500 bits per heavy atom. The summed E-state index contributed by atoms with van der Waals surface area (Å²) in [5.74, 6) is 0. The average molecular weight is 619 g/mol. The van der Waals surface area contributed by atoms with Crippen LogP contribution in [-0.2, 0) is 12.8 Å². The van der Waals surface area contributed by atoms with Crippen molar-refractivity contribution in [3.63, 3.8) is 0 Å². The third kappa shape index (κ3) is 5.46. The third-order valence-electron chi connectivity index (χ3n) is 9.66. The highest BCUT2D eigenvalue weighted by Crippen LogP contribution is 2.37. The number of hydrogen-bond donors (Lipinski definition) is 1. The van der Waals surface area contributed by atoms with Crippen molar-refractivity contribution in [2.24, 2.45) is 0 Å². The van der Waals surface area contributed by atoms with Crippen LogP contribution in [-0.4, -0.2) is 4.57 Å². The first-order valence-corrected chi connectivity index (χ1v) is 16.8. The number of nitrogen functional groups attached to an aromatic ring is 1. The fraction of sp³-hybridized carbons (Fsp3) is 0.0870. The minimum atomic E-state index is 0.806. The summed E-state index contributed by atoms with van der Waals surface area (Å²) < 4.78 is 2.33. The van der Waals surface area contributed by atoms with Crippen molar-refractivity contribution in [2.45, 2.75) is 26.7 Å². The normalized spacial score (nSPS) is 11.4. The Balaban J connectivity index is 1.11. The number of nitrogens with zero attached hydrogens (tertiary/aromatic N) is 1. The maximum atomic E-state index is 6.50. The summed E-state index contributed by atoms with van der Waals surface area (Å²) in [5.41, 5.74) is 23.6. The van der Waals surface area contributed by atoms with Crippen molar-refractivity contribution in [1.82, 2.24) is 4.57 Å². The van der Waals surface area contributed by atoms with Crippen LogP contribution in [0, 0.1) is 13.8 Å². The lowest BCUT2D eigenvalue weighted by atomic mass is 9.89. The number of para-hydroxylation sites is 1. The summed E-state index contributed by atoms with van der Waals surface area (Å²) >= 11 is 0. The van der Waals surface area contributed by atoms with Gasteiger partial charge in [-0.15, -0.1) is 0 Å². The number of rotatable bonds is 7. The highest BCUT2D eigenvalue weighted by Gasteiger charge is 2.15. The molecule has 0 aliphatic rings. The van der Waals surface area contributed by atoms with Gasteiger partial charge in [0.15, 0.2) is 0 Å². The number of hydrogen-bond acceptors (Lipinski definition) is 1. The summed E-state index contributed by atoms with van der Waals surface area (Å²) in [6, 6.07) is 57.0. The molecule has 0 aliphatic heterocycles. The van der Waals surface area contributed by atoms with Crippen molar-refractivity contribution in [1.29, 1.82) is 0 Å². The fourth-order valence-corrected chi connectivity index (χ4v) is 7.30. The average Bonchev–Trinajstić information content (AvgIpc) is 3.47. The van der Waals surface area contributed by atoms with Crippen LogP contribution in [0.25, 0.3) is 60.9 Å². The van der Waals surface area contributed by atoms with Gasteiger partial charge in [-0.05, 0) is 107 Å². The lowest BCUT2D eigenvalue weighted by Crippen LogP contribution is -1.97. The Hall–Kier alpha value is -5.86. The van der Waals surface area contributed by atoms with Crippen molar-refractivity contribution < 1.29 is 0 Å². The molecule has 0 bridgehead atoms. The zero-order valence-corrected chi connectivity index (χ0v) is 27.4. The number of fused-ring (bicyclic) bond motifs is 3. The predicted molar refractivity (Wildman–Crippen MR) is 205 cm³/mol. The molecule has 0 saturated carbocycles. The van der Waals surface area contributed by atoms with Gasteiger partial charge in [0.05, 0.1) is 11.0 Å². The molecule has 0 fully saturated rings. The van der Waals surface area contributed by atoms with E-state index in [0.29, 0.717) is 0 Å². The Bertz CT molecular complexity index is 2430. The van der Waals surface area contributed by atoms with Crippen LogP contribution in [0.2, 0.25) is 0 Å². The molecule has 0 aliphatic carbocycles. The van der Waals surface area contributed by atoms with Gasteiger partial charge in [-0.3, -0.25) is 0 Å². The highest BCUT2D eigenvalue weighted by atomic mass is 15.0. The molecule has 8 aromatic rings. The van der Waals surface area contributed by atoms with Crippen LogP contribution in [0.5, 0.6) is 0 Å². The number of aryl methyl sites for hydroxylation is 4. The second-order valence-electron chi connectivity index (χ2n) is 12.9. The minimum Gasteiger partial charge on any atom is -0.398 e. The summed E-state index contributed by atoms with van der Waals surface area (Å²) in [6.45, 7) is 4.43. The molecule has 2 heteroatoms. The summed E-state index contributed by atoms with van der Waals surface area (Å²) in [5, 5.41) is 2.28. The van der Waals surface area contributed by atoms with E-state index in [1.165, 1.54) is 61.0 Å². The zero-order chi connectivity index (χ0) is 32.6. The monoisotopic (exact) mass is 618 g/mol. The van der Waals surface area contributed by atoms with Crippen LogP contribution < -0.4 is 5.73 Å². The molecule has 2 N–H and O–H groups in total. The largest absolute Gasteiger partial charge is 0.398 e. The van der Waals surface area contributed by atoms with Gasteiger partial charge in [0, 0.05) is 22.1 Å². The first-order valence-electron chi connectivity index (χ1n) is 16.8. The van der Waals surface area contributed by atoms with E-state index >= 15 is 0 Å². The van der Waals surface area contributed by atoms with Crippen molar-refractivity contribution in [3.05, 3.63) is 180 Å². The molecule has 2 nitrogen and oxygen atoms in total. The summed E-state index contributed by atoms with van der Waals surface area (Å²) in [4.78, 5) is 0. The standard InChI is InChI=1S/C46H38N2/c1-31-21-25-41(38(27-31)23-22-33-11-8-14-35(29-33)34-12-4-3-5-13-34)40-26-24-37(28-32(40)2)36-15-9-16-39(30-36)48-44-19-7-6-17-42(44)46-43(47)18-10-20-45(46)48/h3-21,24-30H,22-23,47H2,1-2H3. The zero-order valence-electron chi connectivity index (χ0n) is 27.4. The van der Waals surface area contributed by atoms with Gasteiger partial charge in [0.25, 0.3) is 0 Å². The Morgan fingerprint density at radius 3 is 2.04 bits per heavy atom. The van der Waals surface area contributed by atoms with Gasteiger partial charge in [-0.25, -0.2) is 0 Å². The molecular formula is C46H38N2. The fourth-order valence-electron chi connectivity index (χ4n) is 7.30. The van der Waals surface area contributed by atoms with E-state index in [-0.39, 0.29) is 0 Å². The highest BCUT2D eigenvalue weighted by molar-refractivity contribution is 6.14. The lowest BCUT2D eigenvalue weighted by molar-refractivity contribution is 0.960. The van der Waals surface area contributed by atoms with E-state index in [2.05, 4.69) is 164 Å². The van der Waals surface area contributed by atoms with Gasteiger partial charge in [0.1, 0.15) is 0 Å².